The molecule has 2 N–H and O–H groups in total. The Balaban J connectivity index is 2.16. The fourth-order valence-corrected chi connectivity index (χ4v) is 2.21. The van der Waals surface area contributed by atoms with Gasteiger partial charge in [-0.25, -0.2) is 0 Å². The highest BCUT2D eigenvalue weighted by Crippen LogP contribution is 2.14. The van der Waals surface area contributed by atoms with Gasteiger partial charge in [0.25, 0.3) is 0 Å². The molecule has 0 bridgehead atoms. The van der Waals surface area contributed by atoms with E-state index in [9.17, 15) is 9.59 Å². The van der Waals surface area contributed by atoms with Crippen LogP contribution in [0, 0.1) is 5.92 Å². The van der Waals surface area contributed by atoms with E-state index in [0.29, 0.717) is 12.5 Å². The Kier molecular flexibility index (Phi) is 10.5. The smallest absolute Gasteiger partial charge is 0.250 e. The van der Waals surface area contributed by atoms with Crippen LogP contribution >= 0.6 is 0 Å². The molecule has 6 heteroatoms. The Hall–Kier alpha value is -1.92. The molecule has 1 aromatic rings. The Labute approximate surface area is 150 Å². The number of rotatable bonds is 12. The van der Waals surface area contributed by atoms with Crippen molar-refractivity contribution in [3.8, 4) is 0 Å². The molecular formula is C19H30N2O4. The number of carbonyl (C=O) groups is 2. The van der Waals surface area contributed by atoms with Gasteiger partial charge < -0.3 is 20.1 Å². The van der Waals surface area contributed by atoms with Crippen molar-refractivity contribution in [2.75, 3.05) is 38.3 Å². The van der Waals surface area contributed by atoms with Gasteiger partial charge in [-0.3, -0.25) is 9.59 Å². The van der Waals surface area contributed by atoms with Crippen molar-refractivity contribution < 1.29 is 19.1 Å². The summed E-state index contributed by atoms with van der Waals surface area (Å²) in [7, 11) is 0. The first-order valence-corrected chi connectivity index (χ1v) is 8.82. The average molecular weight is 350 g/mol. The molecule has 0 saturated heterocycles. The molecule has 140 valence electrons. The predicted octanol–water partition coefficient (Wildman–Crippen LogP) is 2.38. The van der Waals surface area contributed by atoms with Crippen molar-refractivity contribution >= 4 is 17.5 Å². The third kappa shape index (κ3) is 10.5. The highest BCUT2D eigenvalue weighted by atomic mass is 16.5. The minimum Gasteiger partial charge on any atom is -0.369 e. The number of ether oxygens (including phenoxy) is 2. The minimum atomic E-state index is -0.206. The lowest BCUT2D eigenvalue weighted by Gasteiger charge is -2.09. The number of amides is 2. The first-order valence-electron chi connectivity index (χ1n) is 8.82. The Bertz CT molecular complexity index is 532. The van der Waals surface area contributed by atoms with Crippen LogP contribution in [0.2, 0.25) is 0 Å². The lowest BCUT2D eigenvalue weighted by molar-refractivity contribution is -0.127. The summed E-state index contributed by atoms with van der Waals surface area (Å²) >= 11 is 0. The molecule has 0 spiro atoms. The summed E-state index contributed by atoms with van der Waals surface area (Å²) in [5, 5.41) is 5.54. The van der Waals surface area contributed by atoms with Gasteiger partial charge >= 0.3 is 0 Å². The summed E-state index contributed by atoms with van der Waals surface area (Å²) in [6.45, 7) is 7.47. The van der Waals surface area contributed by atoms with E-state index in [-0.39, 0.29) is 38.2 Å². The molecule has 25 heavy (non-hydrogen) atoms. The van der Waals surface area contributed by atoms with E-state index in [1.165, 1.54) is 5.56 Å². The van der Waals surface area contributed by atoms with Crippen LogP contribution in [0.15, 0.2) is 24.3 Å². The number of hydrogen-bond acceptors (Lipinski definition) is 4. The van der Waals surface area contributed by atoms with Crippen LogP contribution in [0.3, 0.4) is 0 Å². The fourth-order valence-electron chi connectivity index (χ4n) is 2.21. The van der Waals surface area contributed by atoms with Gasteiger partial charge in [-0.05, 0) is 36.5 Å². The second kappa shape index (κ2) is 12.4. The van der Waals surface area contributed by atoms with E-state index in [4.69, 9.17) is 9.47 Å². The lowest BCUT2D eigenvalue weighted by atomic mass is 10.0. The van der Waals surface area contributed by atoms with E-state index in [2.05, 4.69) is 30.5 Å². The molecule has 0 aromatic heterocycles. The Morgan fingerprint density at radius 1 is 1.08 bits per heavy atom. The van der Waals surface area contributed by atoms with Gasteiger partial charge in [0.1, 0.15) is 13.2 Å². The molecule has 0 fully saturated rings. The van der Waals surface area contributed by atoms with Crippen LogP contribution in [0.5, 0.6) is 0 Å². The highest BCUT2D eigenvalue weighted by Gasteiger charge is 2.05. The second-order valence-electron chi connectivity index (χ2n) is 6.30. The largest absolute Gasteiger partial charge is 0.369 e. The SMILES string of the molecule is CCCNC(=O)COCCOCC(=O)Nc1cccc(CC(C)C)c1. The molecule has 1 rings (SSSR count). The van der Waals surface area contributed by atoms with Gasteiger partial charge in [0.05, 0.1) is 13.2 Å². The molecule has 1 aromatic carbocycles. The molecular weight excluding hydrogens is 320 g/mol. The molecule has 0 aliphatic rings. The van der Waals surface area contributed by atoms with E-state index in [1.54, 1.807) is 0 Å². The zero-order chi connectivity index (χ0) is 18.5. The number of anilines is 1. The summed E-state index contributed by atoms with van der Waals surface area (Å²) < 4.78 is 10.4. The third-order valence-corrected chi connectivity index (χ3v) is 3.27. The third-order valence-electron chi connectivity index (χ3n) is 3.27. The van der Waals surface area contributed by atoms with Crippen molar-refractivity contribution in [3.63, 3.8) is 0 Å². The van der Waals surface area contributed by atoms with Crippen molar-refractivity contribution in [1.82, 2.24) is 5.32 Å². The number of benzene rings is 1. The predicted molar refractivity (Wildman–Crippen MR) is 98.6 cm³/mol. The molecule has 0 aliphatic heterocycles. The van der Waals surface area contributed by atoms with Gasteiger partial charge in [0.15, 0.2) is 0 Å². The Morgan fingerprint density at radius 3 is 2.40 bits per heavy atom. The van der Waals surface area contributed by atoms with Gasteiger partial charge in [-0.2, -0.15) is 0 Å². The van der Waals surface area contributed by atoms with Crippen molar-refractivity contribution in [2.45, 2.75) is 33.6 Å². The summed E-state index contributed by atoms with van der Waals surface area (Å²) in [6, 6.07) is 7.83. The van der Waals surface area contributed by atoms with Crippen molar-refractivity contribution in [2.24, 2.45) is 5.92 Å². The summed E-state index contributed by atoms with van der Waals surface area (Å²) in [4.78, 5) is 23.2. The van der Waals surface area contributed by atoms with Gasteiger partial charge in [-0.15, -0.1) is 0 Å². The monoisotopic (exact) mass is 350 g/mol. The first-order chi connectivity index (χ1) is 12.0. The molecule has 0 atom stereocenters. The first kappa shape index (κ1) is 21.1. The zero-order valence-electron chi connectivity index (χ0n) is 15.5. The van der Waals surface area contributed by atoms with Crippen LogP contribution in [0.1, 0.15) is 32.8 Å². The molecule has 0 aliphatic carbocycles. The normalized spacial score (nSPS) is 10.7. The molecule has 0 saturated carbocycles. The standard InChI is InChI=1S/C19H30N2O4/c1-4-8-20-18(22)13-24-9-10-25-14-19(23)21-17-7-5-6-16(12-17)11-15(2)3/h5-7,12,15H,4,8-11,13-14H2,1-3H3,(H,20,22)(H,21,23). The topological polar surface area (TPSA) is 76.7 Å². The molecule has 0 heterocycles. The number of nitrogens with one attached hydrogen (secondary N) is 2. The lowest BCUT2D eigenvalue weighted by Crippen LogP contribution is -2.28. The summed E-state index contributed by atoms with van der Waals surface area (Å²) in [5.41, 5.74) is 1.97. The van der Waals surface area contributed by atoms with Crippen LogP contribution in [0.25, 0.3) is 0 Å². The number of hydrogen-bond donors (Lipinski definition) is 2. The van der Waals surface area contributed by atoms with E-state index >= 15 is 0 Å². The van der Waals surface area contributed by atoms with Gasteiger partial charge in [0, 0.05) is 12.2 Å². The van der Waals surface area contributed by atoms with Crippen LogP contribution in [-0.4, -0.2) is 44.8 Å². The maximum absolute atomic E-state index is 11.9. The maximum atomic E-state index is 11.9. The zero-order valence-corrected chi connectivity index (χ0v) is 15.5. The van der Waals surface area contributed by atoms with Gasteiger partial charge in [0.2, 0.25) is 11.8 Å². The summed E-state index contributed by atoms with van der Waals surface area (Å²) in [6.07, 6.45) is 1.87. The molecule has 0 radical (unpaired) electrons. The maximum Gasteiger partial charge on any atom is 0.250 e. The van der Waals surface area contributed by atoms with Crippen LogP contribution < -0.4 is 10.6 Å². The second-order valence-corrected chi connectivity index (χ2v) is 6.30. The van der Waals surface area contributed by atoms with E-state index in [1.807, 2.05) is 25.1 Å². The number of carbonyl (C=O) groups excluding carboxylic acids is 2. The van der Waals surface area contributed by atoms with E-state index < -0.39 is 0 Å². The fraction of sp³-hybridized carbons (Fsp3) is 0.579. The average Bonchev–Trinajstić information content (AvgIpc) is 2.55. The van der Waals surface area contributed by atoms with Crippen molar-refractivity contribution in [3.05, 3.63) is 29.8 Å². The molecule has 2 amide bonds. The van der Waals surface area contributed by atoms with E-state index in [0.717, 1.165) is 18.5 Å². The van der Waals surface area contributed by atoms with Crippen LogP contribution in [0.4, 0.5) is 5.69 Å². The van der Waals surface area contributed by atoms with Crippen molar-refractivity contribution in [1.29, 1.82) is 0 Å². The highest BCUT2D eigenvalue weighted by molar-refractivity contribution is 5.91. The quantitative estimate of drug-likeness (QED) is 0.568. The van der Waals surface area contributed by atoms with Crippen LogP contribution in [-0.2, 0) is 25.5 Å². The van der Waals surface area contributed by atoms with Gasteiger partial charge in [-0.1, -0.05) is 32.9 Å². The summed E-state index contributed by atoms with van der Waals surface area (Å²) in [5.74, 6) is 0.224. The molecule has 0 unspecified atom stereocenters. The Morgan fingerprint density at radius 2 is 1.76 bits per heavy atom. The minimum absolute atomic E-state index is 0.0121. The molecule has 6 nitrogen and oxygen atoms in total.